The summed E-state index contributed by atoms with van der Waals surface area (Å²) in [7, 11) is 1.74. The minimum atomic E-state index is -0.318. The molecule has 34 heavy (non-hydrogen) atoms. The number of hydrogen-bond acceptors (Lipinski definition) is 6. The fraction of sp³-hybridized carbons (Fsp3) is 0.280. The Morgan fingerprint density at radius 1 is 1.09 bits per heavy atom. The molecule has 1 aliphatic rings. The first kappa shape index (κ1) is 25.0. The van der Waals surface area contributed by atoms with E-state index in [1.54, 1.807) is 36.2 Å². The van der Waals surface area contributed by atoms with Crippen molar-refractivity contribution in [1.82, 2.24) is 9.97 Å². The highest BCUT2D eigenvalue weighted by Crippen LogP contribution is 2.30. The summed E-state index contributed by atoms with van der Waals surface area (Å²) in [6.45, 7) is 0. The topological polar surface area (TPSA) is 113 Å². The van der Waals surface area contributed by atoms with Gasteiger partial charge in [-0.05, 0) is 49.2 Å². The molecule has 9 heteroatoms. The largest absolute Gasteiger partial charge is 0.369 e. The van der Waals surface area contributed by atoms with E-state index in [2.05, 4.69) is 20.6 Å². The first-order chi connectivity index (χ1) is 15.9. The van der Waals surface area contributed by atoms with Gasteiger partial charge in [0, 0.05) is 30.0 Å². The van der Waals surface area contributed by atoms with Crippen molar-refractivity contribution in [3.05, 3.63) is 71.4 Å². The first-order valence-electron chi connectivity index (χ1n) is 10.7. The van der Waals surface area contributed by atoms with Crippen molar-refractivity contribution in [2.24, 2.45) is 11.7 Å². The molecule has 178 valence electrons. The standard InChI is InChI=1S/C24H25ClN6O2.CH4/c1-31(17-6-3-2-4-7-17)23(33)15-10-12-16(13-11-15)28-24-27-14-19(25)22(30-24)29-20-9-5-8-18(20)21(26)32;/h2-4,6-7,10-14,18,20H,5,8-9H2,1H3,(H2,26,32)(H2,27,28,29,30);1H4/t18-,20+;/m0./s1. The third-order valence-electron chi connectivity index (χ3n) is 5.78. The predicted octanol–water partition coefficient (Wildman–Crippen LogP) is 4.85. The maximum atomic E-state index is 12.8. The third-order valence-corrected chi connectivity index (χ3v) is 6.06. The molecule has 0 spiro atoms. The van der Waals surface area contributed by atoms with Gasteiger partial charge in [0.1, 0.15) is 5.02 Å². The highest BCUT2D eigenvalue weighted by Gasteiger charge is 2.32. The Balaban J connectivity index is 0.00000324. The summed E-state index contributed by atoms with van der Waals surface area (Å²) in [5, 5.41) is 6.73. The third kappa shape index (κ3) is 5.63. The van der Waals surface area contributed by atoms with Crippen molar-refractivity contribution in [2.45, 2.75) is 32.7 Å². The van der Waals surface area contributed by atoms with Crippen molar-refractivity contribution >= 4 is 46.6 Å². The van der Waals surface area contributed by atoms with Crippen LogP contribution in [0.15, 0.2) is 60.8 Å². The van der Waals surface area contributed by atoms with Gasteiger partial charge in [-0.25, -0.2) is 4.98 Å². The molecule has 1 heterocycles. The molecular weight excluding hydrogens is 452 g/mol. The Morgan fingerprint density at radius 3 is 2.47 bits per heavy atom. The van der Waals surface area contributed by atoms with Crippen LogP contribution in [0, 0.1) is 5.92 Å². The Morgan fingerprint density at radius 2 is 1.79 bits per heavy atom. The van der Waals surface area contributed by atoms with Crippen LogP contribution in [0.25, 0.3) is 0 Å². The van der Waals surface area contributed by atoms with E-state index in [1.807, 2.05) is 30.3 Å². The van der Waals surface area contributed by atoms with Crippen LogP contribution in [-0.2, 0) is 4.79 Å². The number of para-hydroxylation sites is 1. The number of carbonyl (C=O) groups is 2. The number of rotatable bonds is 7. The fourth-order valence-electron chi connectivity index (χ4n) is 3.97. The van der Waals surface area contributed by atoms with Crippen LogP contribution < -0.4 is 21.3 Å². The number of amides is 2. The number of anilines is 4. The molecule has 0 unspecified atom stereocenters. The van der Waals surface area contributed by atoms with Crippen molar-refractivity contribution in [1.29, 1.82) is 0 Å². The number of halogens is 1. The molecule has 2 amide bonds. The monoisotopic (exact) mass is 480 g/mol. The van der Waals surface area contributed by atoms with Crippen LogP contribution in [0.3, 0.4) is 0 Å². The Labute approximate surface area is 204 Å². The van der Waals surface area contributed by atoms with Gasteiger partial charge in [0.25, 0.3) is 5.91 Å². The van der Waals surface area contributed by atoms with E-state index in [9.17, 15) is 9.59 Å². The van der Waals surface area contributed by atoms with E-state index in [4.69, 9.17) is 17.3 Å². The van der Waals surface area contributed by atoms with E-state index in [-0.39, 0.29) is 31.2 Å². The highest BCUT2D eigenvalue weighted by molar-refractivity contribution is 6.32. The summed E-state index contributed by atoms with van der Waals surface area (Å²) in [5.41, 5.74) is 7.61. The van der Waals surface area contributed by atoms with Gasteiger partial charge < -0.3 is 21.3 Å². The lowest BCUT2D eigenvalue weighted by Crippen LogP contribution is -2.34. The number of aromatic nitrogens is 2. The van der Waals surface area contributed by atoms with Crippen molar-refractivity contribution in [2.75, 3.05) is 22.6 Å². The lowest BCUT2D eigenvalue weighted by molar-refractivity contribution is -0.121. The summed E-state index contributed by atoms with van der Waals surface area (Å²) in [6.07, 6.45) is 4.00. The predicted molar refractivity (Wildman–Crippen MR) is 137 cm³/mol. The maximum Gasteiger partial charge on any atom is 0.258 e. The SMILES string of the molecule is C.CN(C(=O)c1ccc(Nc2ncc(Cl)c(N[C@@H]3CCC[C@@H]3C(N)=O)n2)cc1)c1ccccc1. The summed E-state index contributed by atoms with van der Waals surface area (Å²) in [5.74, 6) is 0.120. The van der Waals surface area contributed by atoms with Crippen LogP contribution in [0.4, 0.5) is 23.1 Å². The average Bonchev–Trinajstić information content (AvgIpc) is 3.30. The van der Waals surface area contributed by atoms with Gasteiger partial charge in [-0.1, -0.05) is 43.6 Å². The van der Waals surface area contributed by atoms with Gasteiger partial charge >= 0.3 is 0 Å². The molecule has 0 bridgehead atoms. The molecule has 3 aromatic rings. The molecule has 0 radical (unpaired) electrons. The zero-order valence-corrected chi connectivity index (χ0v) is 18.9. The number of nitrogens with one attached hydrogen (secondary N) is 2. The average molecular weight is 481 g/mol. The van der Waals surface area contributed by atoms with Gasteiger partial charge in [0.2, 0.25) is 11.9 Å². The van der Waals surface area contributed by atoms with E-state index >= 15 is 0 Å². The van der Waals surface area contributed by atoms with Crippen LogP contribution in [0.2, 0.25) is 5.02 Å². The molecule has 1 saturated carbocycles. The highest BCUT2D eigenvalue weighted by atomic mass is 35.5. The smallest absolute Gasteiger partial charge is 0.258 e. The molecule has 8 nitrogen and oxygen atoms in total. The minimum absolute atomic E-state index is 0. The van der Waals surface area contributed by atoms with Crippen molar-refractivity contribution < 1.29 is 9.59 Å². The number of carbonyl (C=O) groups excluding carboxylic acids is 2. The summed E-state index contributed by atoms with van der Waals surface area (Å²) in [6, 6.07) is 16.4. The van der Waals surface area contributed by atoms with E-state index in [0.29, 0.717) is 22.4 Å². The van der Waals surface area contributed by atoms with E-state index in [0.717, 1.165) is 30.6 Å². The van der Waals surface area contributed by atoms with Gasteiger partial charge in [-0.15, -0.1) is 0 Å². The fourth-order valence-corrected chi connectivity index (χ4v) is 4.11. The molecule has 1 fully saturated rings. The zero-order chi connectivity index (χ0) is 23.4. The van der Waals surface area contributed by atoms with Crippen LogP contribution in [-0.4, -0.2) is 34.9 Å². The summed E-state index contributed by atoms with van der Waals surface area (Å²) in [4.78, 5) is 34.7. The van der Waals surface area contributed by atoms with Crippen LogP contribution in [0.5, 0.6) is 0 Å². The van der Waals surface area contributed by atoms with Gasteiger partial charge in [0.15, 0.2) is 5.82 Å². The minimum Gasteiger partial charge on any atom is -0.369 e. The quantitative estimate of drug-likeness (QED) is 0.445. The van der Waals surface area contributed by atoms with Crippen molar-refractivity contribution in [3.63, 3.8) is 0 Å². The molecular formula is C25H29ClN6O2. The zero-order valence-electron chi connectivity index (χ0n) is 18.2. The Hall–Kier alpha value is -3.65. The van der Waals surface area contributed by atoms with Crippen LogP contribution >= 0.6 is 11.6 Å². The van der Waals surface area contributed by atoms with Crippen molar-refractivity contribution in [3.8, 4) is 0 Å². The number of nitrogens with two attached hydrogens (primary N) is 1. The molecule has 2 aromatic carbocycles. The van der Waals surface area contributed by atoms with Gasteiger partial charge in [-0.3, -0.25) is 9.59 Å². The maximum absolute atomic E-state index is 12.8. The first-order valence-corrected chi connectivity index (χ1v) is 11.1. The Kier molecular flexibility index (Phi) is 8.07. The summed E-state index contributed by atoms with van der Waals surface area (Å²) < 4.78 is 0. The van der Waals surface area contributed by atoms with Gasteiger partial charge in [-0.2, -0.15) is 4.98 Å². The molecule has 0 saturated heterocycles. The normalized spacial score (nSPS) is 16.9. The second kappa shape index (κ2) is 11.0. The second-order valence-electron chi connectivity index (χ2n) is 7.98. The molecule has 1 aromatic heterocycles. The lowest BCUT2D eigenvalue weighted by atomic mass is 10.0. The van der Waals surface area contributed by atoms with E-state index in [1.165, 1.54) is 6.20 Å². The lowest BCUT2D eigenvalue weighted by Gasteiger charge is -2.20. The van der Waals surface area contributed by atoms with E-state index < -0.39 is 0 Å². The van der Waals surface area contributed by atoms with Crippen LogP contribution in [0.1, 0.15) is 37.0 Å². The van der Waals surface area contributed by atoms with Gasteiger partial charge in [0.05, 0.1) is 12.1 Å². The molecule has 4 N–H and O–H groups in total. The number of benzene rings is 2. The molecule has 1 aliphatic carbocycles. The number of nitrogens with zero attached hydrogens (tertiary/aromatic N) is 3. The summed E-state index contributed by atoms with van der Waals surface area (Å²) >= 11 is 6.27. The molecule has 4 rings (SSSR count). The molecule has 0 aliphatic heterocycles. The number of hydrogen-bond donors (Lipinski definition) is 3. The number of primary amides is 1. The Bertz CT molecular complexity index is 1140. The molecule has 2 atom stereocenters. The second-order valence-corrected chi connectivity index (χ2v) is 8.39.